The number of halogens is 2. The van der Waals surface area contributed by atoms with Gasteiger partial charge in [-0.05, 0) is 43.3 Å². The Morgan fingerprint density at radius 2 is 2.08 bits per heavy atom. The Labute approximate surface area is 157 Å². The molecule has 1 heterocycles. The van der Waals surface area contributed by atoms with Gasteiger partial charge in [0.1, 0.15) is 11.6 Å². The van der Waals surface area contributed by atoms with Crippen LogP contribution in [0.2, 0.25) is 0 Å². The summed E-state index contributed by atoms with van der Waals surface area (Å²) in [7, 11) is 0. The van der Waals surface area contributed by atoms with Crippen molar-refractivity contribution in [3.8, 4) is 5.75 Å². The van der Waals surface area contributed by atoms with Crippen LogP contribution >= 0.6 is 27.3 Å². The highest BCUT2D eigenvalue weighted by atomic mass is 79.9. The maximum absolute atomic E-state index is 13.2. The zero-order valence-corrected chi connectivity index (χ0v) is 15.9. The van der Waals surface area contributed by atoms with E-state index < -0.39 is 6.10 Å². The Morgan fingerprint density at radius 3 is 2.84 bits per heavy atom. The Kier molecular flexibility index (Phi) is 5.65. The highest BCUT2D eigenvalue weighted by Gasteiger charge is 2.14. The second-order valence-electron chi connectivity index (χ2n) is 5.47. The number of hydrogen-bond donors (Lipinski definition) is 1. The lowest BCUT2D eigenvalue weighted by molar-refractivity contribution is -0.127. The van der Waals surface area contributed by atoms with E-state index in [1.165, 1.54) is 23.5 Å². The average Bonchev–Trinajstić information content (AvgIpc) is 2.98. The van der Waals surface area contributed by atoms with Crippen LogP contribution in [0, 0.1) is 5.82 Å². The van der Waals surface area contributed by atoms with Crippen LogP contribution in [0.4, 0.5) is 4.39 Å². The van der Waals surface area contributed by atoms with Gasteiger partial charge in [0.25, 0.3) is 5.91 Å². The van der Waals surface area contributed by atoms with E-state index in [0.29, 0.717) is 24.2 Å². The van der Waals surface area contributed by atoms with E-state index in [-0.39, 0.29) is 11.7 Å². The van der Waals surface area contributed by atoms with E-state index in [9.17, 15) is 9.18 Å². The molecule has 0 aliphatic heterocycles. The molecule has 7 heteroatoms. The van der Waals surface area contributed by atoms with E-state index in [1.54, 1.807) is 25.1 Å². The molecule has 25 heavy (non-hydrogen) atoms. The summed E-state index contributed by atoms with van der Waals surface area (Å²) in [5, 5.41) is 3.70. The fraction of sp³-hybridized carbons (Fsp3) is 0.222. The number of carbonyl (C=O) groups is 1. The third kappa shape index (κ3) is 4.76. The first-order chi connectivity index (χ1) is 12.0. The highest BCUT2D eigenvalue weighted by molar-refractivity contribution is 9.10. The standard InChI is InChI=1S/C18H16BrFN2O2S/c1-11(24-14-5-2-12(19)3-6-14)18(23)21-9-8-17-22-15-10-13(20)4-7-16(15)25-17/h2-7,10-11H,8-9H2,1H3,(H,21,23). The predicted octanol–water partition coefficient (Wildman–Crippen LogP) is 4.32. The molecule has 1 N–H and O–H groups in total. The molecule has 1 aromatic heterocycles. The van der Waals surface area contributed by atoms with Gasteiger partial charge in [0, 0.05) is 23.5 Å². The van der Waals surface area contributed by atoms with E-state index in [2.05, 4.69) is 26.2 Å². The number of carbonyl (C=O) groups excluding carboxylic acids is 1. The Hall–Kier alpha value is -1.99. The van der Waals surface area contributed by atoms with Crippen LogP contribution in [0.5, 0.6) is 5.75 Å². The molecule has 2 aromatic carbocycles. The number of aromatic nitrogens is 1. The van der Waals surface area contributed by atoms with Crippen LogP contribution in [0.25, 0.3) is 10.2 Å². The Balaban J connectivity index is 1.50. The zero-order chi connectivity index (χ0) is 17.8. The molecule has 0 bridgehead atoms. The van der Waals surface area contributed by atoms with Gasteiger partial charge < -0.3 is 10.1 Å². The molecule has 130 valence electrons. The SMILES string of the molecule is CC(Oc1ccc(Br)cc1)C(=O)NCCc1nc2cc(F)ccc2s1. The molecule has 0 saturated heterocycles. The summed E-state index contributed by atoms with van der Waals surface area (Å²) in [5.41, 5.74) is 0.651. The molecule has 4 nitrogen and oxygen atoms in total. The molecule has 3 rings (SSSR count). The lowest BCUT2D eigenvalue weighted by atomic mass is 10.3. The molecule has 0 saturated carbocycles. The second kappa shape index (κ2) is 7.93. The lowest BCUT2D eigenvalue weighted by Gasteiger charge is -2.14. The zero-order valence-electron chi connectivity index (χ0n) is 13.5. The molecular formula is C18H16BrFN2O2S. The first-order valence-electron chi connectivity index (χ1n) is 7.76. The van der Waals surface area contributed by atoms with Gasteiger partial charge in [-0.2, -0.15) is 0 Å². The van der Waals surface area contributed by atoms with Gasteiger partial charge >= 0.3 is 0 Å². The molecule has 3 aromatic rings. The topological polar surface area (TPSA) is 51.2 Å². The van der Waals surface area contributed by atoms with Crippen molar-refractivity contribution in [3.63, 3.8) is 0 Å². The first kappa shape index (κ1) is 17.8. The molecule has 1 atom stereocenters. The van der Waals surface area contributed by atoms with E-state index in [0.717, 1.165) is 14.2 Å². The summed E-state index contributed by atoms with van der Waals surface area (Å²) >= 11 is 4.86. The fourth-order valence-electron chi connectivity index (χ4n) is 2.26. The molecular weight excluding hydrogens is 407 g/mol. The number of hydrogen-bond acceptors (Lipinski definition) is 4. The van der Waals surface area contributed by atoms with Crippen molar-refractivity contribution in [2.24, 2.45) is 0 Å². The van der Waals surface area contributed by atoms with Gasteiger partial charge in [-0.3, -0.25) is 4.79 Å². The van der Waals surface area contributed by atoms with Crippen molar-refractivity contribution in [3.05, 3.63) is 57.8 Å². The third-order valence-electron chi connectivity index (χ3n) is 3.53. The molecule has 0 aliphatic rings. The van der Waals surface area contributed by atoms with Crippen molar-refractivity contribution >= 4 is 43.4 Å². The minimum Gasteiger partial charge on any atom is -0.481 e. The molecule has 0 aliphatic carbocycles. The van der Waals surface area contributed by atoms with Crippen molar-refractivity contribution in [1.82, 2.24) is 10.3 Å². The summed E-state index contributed by atoms with van der Waals surface area (Å²) in [6, 6.07) is 11.9. The van der Waals surface area contributed by atoms with Gasteiger partial charge in [0.05, 0.1) is 15.2 Å². The Bertz CT molecular complexity index is 882. The number of ether oxygens (including phenoxy) is 1. The number of thiazole rings is 1. The quantitative estimate of drug-likeness (QED) is 0.643. The van der Waals surface area contributed by atoms with E-state index >= 15 is 0 Å². The molecule has 0 radical (unpaired) electrons. The predicted molar refractivity (Wildman–Crippen MR) is 101 cm³/mol. The number of amides is 1. The first-order valence-corrected chi connectivity index (χ1v) is 9.37. The molecule has 0 spiro atoms. The fourth-order valence-corrected chi connectivity index (χ4v) is 3.47. The van der Waals surface area contributed by atoms with Crippen LogP contribution < -0.4 is 10.1 Å². The highest BCUT2D eigenvalue weighted by Crippen LogP contribution is 2.23. The van der Waals surface area contributed by atoms with E-state index in [4.69, 9.17) is 4.74 Å². The monoisotopic (exact) mass is 422 g/mol. The second-order valence-corrected chi connectivity index (χ2v) is 7.51. The van der Waals surface area contributed by atoms with Crippen molar-refractivity contribution in [1.29, 1.82) is 0 Å². The number of nitrogens with zero attached hydrogens (tertiary/aromatic N) is 1. The molecule has 1 amide bonds. The Morgan fingerprint density at radius 1 is 1.32 bits per heavy atom. The summed E-state index contributed by atoms with van der Waals surface area (Å²) in [6.45, 7) is 2.16. The van der Waals surface area contributed by atoms with Crippen LogP contribution in [0.3, 0.4) is 0 Å². The van der Waals surface area contributed by atoms with Crippen LogP contribution in [0.1, 0.15) is 11.9 Å². The number of rotatable bonds is 6. The largest absolute Gasteiger partial charge is 0.481 e. The maximum Gasteiger partial charge on any atom is 0.260 e. The normalized spacial score (nSPS) is 12.1. The summed E-state index contributed by atoms with van der Waals surface area (Å²) in [5.74, 6) is 0.158. The van der Waals surface area contributed by atoms with Crippen molar-refractivity contribution in [2.45, 2.75) is 19.4 Å². The number of nitrogens with one attached hydrogen (secondary N) is 1. The average molecular weight is 423 g/mol. The van der Waals surface area contributed by atoms with Crippen LogP contribution in [0.15, 0.2) is 46.9 Å². The maximum atomic E-state index is 13.2. The number of fused-ring (bicyclic) bond motifs is 1. The van der Waals surface area contributed by atoms with Gasteiger partial charge in [0.15, 0.2) is 6.10 Å². The third-order valence-corrected chi connectivity index (χ3v) is 5.15. The van der Waals surface area contributed by atoms with Gasteiger partial charge in [0.2, 0.25) is 0 Å². The number of benzene rings is 2. The van der Waals surface area contributed by atoms with Crippen molar-refractivity contribution < 1.29 is 13.9 Å². The van der Waals surface area contributed by atoms with Gasteiger partial charge in [-0.1, -0.05) is 15.9 Å². The minimum absolute atomic E-state index is 0.185. The van der Waals surface area contributed by atoms with Gasteiger partial charge in [-0.25, -0.2) is 9.37 Å². The van der Waals surface area contributed by atoms with Gasteiger partial charge in [-0.15, -0.1) is 11.3 Å². The van der Waals surface area contributed by atoms with Crippen molar-refractivity contribution in [2.75, 3.05) is 6.54 Å². The summed E-state index contributed by atoms with van der Waals surface area (Å²) in [6.07, 6.45) is 0.00295. The van der Waals surface area contributed by atoms with Crippen LogP contribution in [-0.4, -0.2) is 23.5 Å². The summed E-state index contributed by atoms with van der Waals surface area (Å²) < 4.78 is 20.7. The minimum atomic E-state index is -0.592. The smallest absolute Gasteiger partial charge is 0.260 e. The lowest BCUT2D eigenvalue weighted by Crippen LogP contribution is -2.37. The van der Waals surface area contributed by atoms with Crippen LogP contribution in [-0.2, 0) is 11.2 Å². The summed E-state index contributed by atoms with van der Waals surface area (Å²) in [4.78, 5) is 16.5. The molecule has 0 fully saturated rings. The molecule has 1 unspecified atom stereocenters. The van der Waals surface area contributed by atoms with E-state index in [1.807, 2.05) is 12.1 Å².